The molecule has 3 aromatic heterocycles. The number of carbonyl (C=O) groups is 1. The molecule has 1 aliphatic heterocycles. The lowest BCUT2D eigenvalue weighted by atomic mass is 10.1. The van der Waals surface area contributed by atoms with Crippen LogP contribution in [0.25, 0.3) is 10.8 Å². The molecule has 4 heterocycles. The topological polar surface area (TPSA) is 120 Å². The van der Waals surface area contributed by atoms with Gasteiger partial charge < -0.3 is 9.32 Å². The van der Waals surface area contributed by atoms with Gasteiger partial charge in [0.15, 0.2) is 9.84 Å². The Morgan fingerprint density at radius 2 is 2.12 bits per heavy atom. The summed E-state index contributed by atoms with van der Waals surface area (Å²) in [6.07, 6.45) is 0.651. The summed E-state index contributed by atoms with van der Waals surface area (Å²) in [7, 11) is -1.32. The van der Waals surface area contributed by atoms with Crippen molar-refractivity contribution >= 4 is 27.1 Å². The monoisotopic (exact) mass is 479 g/mol. The van der Waals surface area contributed by atoms with E-state index in [-0.39, 0.29) is 42.3 Å². The van der Waals surface area contributed by atoms with Crippen LogP contribution >= 0.6 is 11.3 Å². The van der Waals surface area contributed by atoms with E-state index in [1.54, 1.807) is 16.6 Å². The number of sulfone groups is 1. The lowest BCUT2D eigenvalue weighted by Crippen LogP contribution is -2.29. The molecule has 3 aromatic rings. The van der Waals surface area contributed by atoms with E-state index in [9.17, 15) is 18.0 Å². The first kappa shape index (κ1) is 22.5. The number of aryl methyl sites for hydroxylation is 2. The highest BCUT2D eigenvalue weighted by Gasteiger charge is 2.31. The van der Waals surface area contributed by atoms with Gasteiger partial charge in [0.05, 0.1) is 34.7 Å². The maximum absolute atomic E-state index is 12.7. The Balaban J connectivity index is 1.40. The van der Waals surface area contributed by atoms with Crippen molar-refractivity contribution in [1.29, 1.82) is 0 Å². The molecule has 12 heteroatoms. The predicted octanol–water partition coefficient (Wildman–Crippen LogP) is 1.79. The molecule has 0 unspecified atom stereocenters. The van der Waals surface area contributed by atoms with E-state index < -0.39 is 15.6 Å². The predicted molar refractivity (Wildman–Crippen MR) is 119 cm³/mol. The molecule has 0 radical (unpaired) electrons. The van der Waals surface area contributed by atoms with Gasteiger partial charge in [-0.25, -0.2) is 13.2 Å². The highest BCUT2D eigenvalue weighted by atomic mass is 32.2. The minimum Gasteiger partial charge on any atom is -0.387 e. The minimum atomic E-state index is -3.02. The quantitative estimate of drug-likeness (QED) is 0.506. The SMILES string of the molecule is Cc1nn([C@@H]2CCS(=O)(=O)C2)c(C)c1CN(C)C(=O)CCn1nc(-c2cccs2)oc1=O. The molecule has 32 heavy (non-hydrogen) atoms. The lowest BCUT2D eigenvalue weighted by Gasteiger charge is -2.18. The number of thiophene rings is 1. The van der Waals surface area contributed by atoms with Crippen LogP contribution in [0.4, 0.5) is 0 Å². The molecule has 0 aliphatic carbocycles. The van der Waals surface area contributed by atoms with Crippen molar-refractivity contribution in [2.45, 2.75) is 45.8 Å². The molecule has 1 aliphatic rings. The third-order valence-corrected chi connectivity index (χ3v) is 8.33. The molecule has 0 N–H and O–H groups in total. The smallest absolute Gasteiger partial charge is 0.387 e. The number of nitrogens with zero attached hydrogens (tertiary/aromatic N) is 5. The number of rotatable bonds is 7. The standard InChI is InChI=1S/C20H25N5O5S2/c1-13-16(14(2)25(21-13)15-7-10-32(28,29)12-15)11-23(3)18(26)6-8-24-20(27)30-19(22-24)17-5-4-9-31-17/h4-5,9,15H,6-8,10-12H2,1-3H3/t15-/m1/s1. The number of aromatic nitrogens is 4. The molecule has 0 spiro atoms. The number of hydrogen-bond donors (Lipinski definition) is 0. The fraction of sp³-hybridized carbons (Fsp3) is 0.500. The number of hydrogen-bond acceptors (Lipinski definition) is 8. The Morgan fingerprint density at radius 1 is 1.34 bits per heavy atom. The van der Waals surface area contributed by atoms with Gasteiger partial charge in [0.2, 0.25) is 5.91 Å². The summed E-state index contributed by atoms with van der Waals surface area (Å²) >= 11 is 1.42. The summed E-state index contributed by atoms with van der Waals surface area (Å²) in [5.74, 6) is -0.211. The first-order valence-corrected chi connectivity index (χ1v) is 13.0. The molecule has 0 aromatic carbocycles. The van der Waals surface area contributed by atoms with Gasteiger partial charge in [-0.2, -0.15) is 9.78 Å². The van der Waals surface area contributed by atoms with Gasteiger partial charge in [0.1, 0.15) is 0 Å². The van der Waals surface area contributed by atoms with Crippen LogP contribution < -0.4 is 5.76 Å². The Labute approximate surface area is 189 Å². The number of carbonyl (C=O) groups excluding carboxylic acids is 1. The summed E-state index contributed by atoms with van der Waals surface area (Å²) < 4.78 is 31.8. The maximum atomic E-state index is 12.7. The van der Waals surface area contributed by atoms with Crippen LogP contribution in [0.2, 0.25) is 0 Å². The zero-order valence-electron chi connectivity index (χ0n) is 18.1. The van der Waals surface area contributed by atoms with Crippen molar-refractivity contribution in [3.8, 4) is 10.8 Å². The molecular formula is C20H25N5O5S2. The molecule has 10 nitrogen and oxygen atoms in total. The molecule has 0 saturated carbocycles. The van der Waals surface area contributed by atoms with Crippen LogP contribution in [0.15, 0.2) is 26.7 Å². The molecule has 4 rings (SSSR count). The molecule has 0 bridgehead atoms. The highest BCUT2D eigenvalue weighted by molar-refractivity contribution is 7.91. The van der Waals surface area contributed by atoms with E-state index in [0.717, 1.165) is 26.5 Å². The molecule has 1 atom stereocenters. The molecule has 1 saturated heterocycles. The van der Waals surface area contributed by atoms with Gasteiger partial charge in [0, 0.05) is 31.3 Å². The van der Waals surface area contributed by atoms with Gasteiger partial charge in [-0.05, 0) is 31.7 Å². The van der Waals surface area contributed by atoms with Gasteiger partial charge in [0.25, 0.3) is 5.89 Å². The minimum absolute atomic E-state index is 0.0971. The summed E-state index contributed by atoms with van der Waals surface area (Å²) in [5, 5.41) is 10.6. The maximum Gasteiger partial charge on any atom is 0.437 e. The second kappa shape index (κ2) is 8.66. The number of amides is 1. The van der Waals surface area contributed by atoms with Gasteiger partial charge >= 0.3 is 5.76 Å². The third kappa shape index (κ3) is 4.56. The largest absolute Gasteiger partial charge is 0.437 e. The Morgan fingerprint density at radius 3 is 2.78 bits per heavy atom. The van der Waals surface area contributed by atoms with E-state index in [0.29, 0.717) is 13.0 Å². The Kier molecular flexibility index (Phi) is 6.08. The van der Waals surface area contributed by atoms with Crippen molar-refractivity contribution in [2.75, 3.05) is 18.6 Å². The van der Waals surface area contributed by atoms with Gasteiger partial charge in [-0.1, -0.05) is 6.07 Å². The van der Waals surface area contributed by atoms with Crippen molar-refractivity contribution in [2.24, 2.45) is 0 Å². The summed E-state index contributed by atoms with van der Waals surface area (Å²) in [6.45, 7) is 4.24. The second-order valence-corrected chi connectivity index (χ2v) is 11.2. The normalized spacial score (nSPS) is 17.7. The molecule has 1 amide bonds. The van der Waals surface area contributed by atoms with Crippen LogP contribution in [0.1, 0.15) is 35.8 Å². The lowest BCUT2D eigenvalue weighted by molar-refractivity contribution is -0.130. The first-order chi connectivity index (χ1) is 15.1. The average Bonchev–Trinajstić information content (AvgIpc) is 3.51. The zero-order chi connectivity index (χ0) is 23.0. The van der Waals surface area contributed by atoms with Crippen LogP contribution in [0, 0.1) is 13.8 Å². The van der Waals surface area contributed by atoms with Gasteiger partial charge in [-0.3, -0.25) is 9.48 Å². The molecule has 172 valence electrons. The fourth-order valence-corrected chi connectivity index (χ4v) is 6.25. The van der Waals surface area contributed by atoms with E-state index in [1.165, 1.54) is 11.3 Å². The first-order valence-electron chi connectivity index (χ1n) is 10.3. The summed E-state index contributed by atoms with van der Waals surface area (Å²) in [4.78, 5) is 27.1. The highest BCUT2D eigenvalue weighted by Crippen LogP contribution is 2.27. The van der Waals surface area contributed by atoms with Crippen molar-refractivity contribution in [3.63, 3.8) is 0 Å². The Bertz CT molecular complexity index is 1290. The average molecular weight is 480 g/mol. The van der Waals surface area contributed by atoms with E-state index in [2.05, 4.69) is 10.2 Å². The van der Waals surface area contributed by atoms with E-state index in [1.807, 2.05) is 31.4 Å². The second-order valence-electron chi connectivity index (χ2n) is 8.02. The van der Waals surface area contributed by atoms with Crippen LogP contribution in [0.5, 0.6) is 0 Å². The molecular weight excluding hydrogens is 454 g/mol. The molecule has 1 fully saturated rings. The van der Waals surface area contributed by atoms with Gasteiger partial charge in [-0.15, -0.1) is 16.4 Å². The van der Waals surface area contributed by atoms with Crippen LogP contribution in [-0.2, 0) is 27.7 Å². The van der Waals surface area contributed by atoms with Crippen LogP contribution in [0.3, 0.4) is 0 Å². The van der Waals surface area contributed by atoms with Crippen LogP contribution in [-0.4, -0.2) is 57.3 Å². The Hall–Kier alpha value is -2.73. The van der Waals surface area contributed by atoms with Crippen molar-refractivity contribution in [3.05, 3.63) is 45.0 Å². The van der Waals surface area contributed by atoms with Crippen molar-refractivity contribution < 1.29 is 17.6 Å². The van der Waals surface area contributed by atoms with E-state index >= 15 is 0 Å². The zero-order valence-corrected chi connectivity index (χ0v) is 19.8. The third-order valence-electron chi connectivity index (χ3n) is 5.73. The van der Waals surface area contributed by atoms with Crippen molar-refractivity contribution in [1.82, 2.24) is 24.5 Å². The summed E-state index contributed by atoms with van der Waals surface area (Å²) in [6, 6.07) is 3.49. The van der Waals surface area contributed by atoms with E-state index in [4.69, 9.17) is 4.42 Å². The summed E-state index contributed by atoms with van der Waals surface area (Å²) in [5.41, 5.74) is 2.56. The fourth-order valence-electron chi connectivity index (χ4n) is 3.91.